The number of nitrogens with one attached hydrogen (secondary N) is 2. The van der Waals surface area contributed by atoms with Gasteiger partial charge in [-0.1, -0.05) is 6.07 Å². The molecule has 1 aliphatic rings. The van der Waals surface area contributed by atoms with Crippen LogP contribution < -0.4 is 10.6 Å². The normalized spacial score (nSPS) is 22.5. The van der Waals surface area contributed by atoms with Crippen LogP contribution in [0, 0.1) is 11.6 Å². The summed E-state index contributed by atoms with van der Waals surface area (Å²) in [5.41, 5.74) is -0.167. The Labute approximate surface area is 115 Å². The average Bonchev–Trinajstić information content (AvgIpc) is 2.35. The van der Waals surface area contributed by atoms with Gasteiger partial charge in [-0.05, 0) is 19.1 Å². The lowest BCUT2D eigenvalue weighted by molar-refractivity contribution is -0.123. The molecule has 0 unspecified atom stereocenters. The van der Waals surface area contributed by atoms with E-state index in [9.17, 15) is 13.6 Å². The molecule has 0 aromatic heterocycles. The van der Waals surface area contributed by atoms with Gasteiger partial charge in [-0.15, -0.1) is 12.4 Å². The van der Waals surface area contributed by atoms with Gasteiger partial charge in [0.15, 0.2) is 11.6 Å². The van der Waals surface area contributed by atoms with Gasteiger partial charge >= 0.3 is 0 Å². The summed E-state index contributed by atoms with van der Waals surface area (Å²) in [5, 5.41) is 5.32. The molecule has 2 N–H and O–H groups in total. The van der Waals surface area contributed by atoms with Gasteiger partial charge < -0.3 is 15.4 Å². The summed E-state index contributed by atoms with van der Waals surface area (Å²) in [4.78, 5) is 11.9. The van der Waals surface area contributed by atoms with E-state index in [1.54, 1.807) is 6.92 Å². The van der Waals surface area contributed by atoms with E-state index in [4.69, 9.17) is 4.74 Å². The SMILES string of the molecule is C[C@H]1OCCN[C@@H]1C(=O)Nc1cccc(F)c1F.Cl. The van der Waals surface area contributed by atoms with Crippen molar-refractivity contribution < 1.29 is 18.3 Å². The maximum Gasteiger partial charge on any atom is 0.244 e. The van der Waals surface area contributed by atoms with Crippen LogP contribution in [0.2, 0.25) is 0 Å². The topological polar surface area (TPSA) is 50.4 Å². The zero-order chi connectivity index (χ0) is 13.1. The maximum absolute atomic E-state index is 13.4. The molecule has 0 bridgehead atoms. The third-order valence-electron chi connectivity index (χ3n) is 2.81. The van der Waals surface area contributed by atoms with Crippen LogP contribution in [-0.4, -0.2) is 31.2 Å². The Kier molecular flexibility index (Phi) is 5.65. The van der Waals surface area contributed by atoms with Gasteiger partial charge in [0.25, 0.3) is 0 Å². The summed E-state index contributed by atoms with van der Waals surface area (Å²) in [6, 6.07) is 3.07. The third-order valence-corrected chi connectivity index (χ3v) is 2.81. The summed E-state index contributed by atoms with van der Waals surface area (Å²) in [7, 11) is 0. The van der Waals surface area contributed by atoms with Crippen molar-refractivity contribution in [2.45, 2.75) is 19.1 Å². The molecule has 7 heteroatoms. The molecule has 1 amide bonds. The van der Waals surface area contributed by atoms with Crippen LogP contribution >= 0.6 is 12.4 Å². The number of hydrogen-bond acceptors (Lipinski definition) is 3. The summed E-state index contributed by atoms with van der Waals surface area (Å²) in [6.07, 6.45) is -0.310. The Bertz CT molecular complexity index is 459. The first kappa shape index (κ1) is 15.8. The highest BCUT2D eigenvalue weighted by atomic mass is 35.5. The van der Waals surface area contributed by atoms with Crippen LogP contribution in [0.4, 0.5) is 14.5 Å². The van der Waals surface area contributed by atoms with Crippen molar-refractivity contribution in [1.29, 1.82) is 0 Å². The van der Waals surface area contributed by atoms with Crippen molar-refractivity contribution in [1.82, 2.24) is 5.32 Å². The second kappa shape index (κ2) is 6.79. The number of hydrogen-bond donors (Lipinski definition) is 2. The zero-order valence-electron chi connectivity index (χ0n) is 10.3. The molecule has 0 radical (unpaired) electrons. The Morgan fingerprint density at radius 2 is 2.21 bits per heavy atom. The predicted molar refractivity (Wildman–Crippen MR) is 69.4 cm³/mol. The maximum atomic E-state index is 13.4. The van der Waals surface area contributed by atoms with Crippen molar-refractivity contribution in [3.05, 3.63) is 29.8 Å². The number of amides is 1. The van der Waals surface area contributed by atoms with E-state index < -0.39 is 23.6 Å². The minimum Gasteiger partial charge on any atom is -0.375 e. The molecule has 0 saturated carbocycles. The Morgan fingerprint density at radius 1 is 1.47 bits per heavy atom. The first-order chi connectivity index (χ1) is 8.59. The lowest BCUT2D eigenvalue weighted by Crippen LogP contribution is -2.53. The molecule has 2 rings (SSSR count). The number of rotatable bonds is 2. The number of anilines is 1. The fourth-order valence-corrected chi connectivity index (χ4v) is 1.84. The van der Waals surface area contributed by atoms with Gasteiger partial charge in [0.2, 0.25) is 5.91 Å². The van der Waals surface area contributed by atoms with Crippen LogP contribution in [0.5, 0.6) is 0 Å². The minimum absolute atomic E-state index is 0. The zero-order valence-corrected chi connectivity index (χ0v) is 11.1. The monoisotopic (exact) mass is 292 g/mol. The second-order valence-electron chi connectivity index (χ2n) is 4.10. The van der Waals surface area contributed by atoms with E-state index in [2.05, 4.69) is 10.6 Å². The van der Waals surface area contributed by atoms with Crippen LogP contribution in [0.25, 0.3) is 0 Å². The molecule has 0 aliphatic carbocycles. The van der Waals surface area contributed by atoms with Crippen LogP contribution in [0.1, 0.15) is 6.92 Å². The molecule has 1 aromatic carbocycles. The molecular formula is C12H15ClF2N2O2. The van der Waals surface area contributed by atoms with E-state index in [1.807, 2.05) is 0 Å². The lowest BCUT2D eigenvalue weighted by atomic mass is 10.1. The number of benzene rings is 1. The van der Waals surface area contributed by atoms with Gasteiger partial charge in [0.1, 0.15) is 6.04 Å². The highest BCUT2D eigenvalue weighted by molar-refractivity contribution is 5.95. The molecule has 1 aliphatic heterocycles. The number of ether oxygens (including phenoxy) is 1. The molecule has 4 nitrogen and oxygen atoms in total. The Hall–Kier alpha value is -1.24. The number of carbonyl (C=O) groups is 1. The lowest BCUT2D eigenvalue weighted by Gasteiger charge is -2.29. The fraction of sp³-hybridized carbons (Fsp3) is 0.417. The van der Waals surface area contributed by atoms with Crippen LogP contribution in [-0.2, 0) is 9.53 Å². The summed E-state index contributed by atoms with van der Waals surface area (Å²) < 4.78 is 31.7. The minimum atomic E-state index is -1.06. The van der Waals surface area contributed by atoms with E-state index in [0.717, 1.165) is 6.07 Å². The van der Waals surface area contributed by atoms with E-state index in [0.29, 0.717) is 13.2 Å². The van der Waals surface area contributed by atoms with Crippen LogP contribution in [0.3, 0.4) is 0 Å². The summed E-state index contributed by atoms with van der Waals surface area (Å²) >= 11 is 0. The van der Waals surface area contributed by atoms with E-state index >= 15 is 0 Å². The third kappa shape index (κ3) is 3.62. The number of carbonyl (C=O) groups excluding carboxylic acids is 1. The molecular weight excluding hydrogens is 278 g/mol. The molecule has 0 spiro atoms. The number of morpholine rings is 1. The first-order valence-corrected chi connectivity index (χ1v) is 5.69. The second-order valence-corrected chi connectivity index (χ2v) is 4.10. The van der Waals surface area contributed by atoms with Gasteiger partial charge in [-0.3, -0.25) is 4.79 Å². The summed E-state index contributed by atoms with van der Waals surface area (Å²) in [6.45, 7) is 2.83. The van der Waals surface area contributed by atoms with Crippen molar-refractivity contribution in [2.24, 2.45) is 0 Å². The largest absolute Gasteiger partial charge is 0.375 e. The average molecular weight is 293 g/mol. The van der Waals surface area contributed by atoms with Crippen molar-refractivity contribution in [3.8, 4) is 0 Å². The molecule has 19 heavy (non-hydrogen) atoms. The van der Waals surface area contributed by atoms with Gasteiger partial charge in [-0.2, -0.15) is 0 Å². The highest BCUT2D eigenvalue weighted by Crippen LogP contribution is 2.17. The van der Waals surface area contributed by atoms with E-state index in [1.165, 1.54) is 12.1 Å². The summed E-state index contributed by atoms with van der Waals surface area (Å²) in [5.74, 6) is -2.49. The molecule has 106 valence electrons. The quantitative estimate of drug-likeness (QED) is 0.872. The highest BCUT2D eigenvalue weighted by Gasteiger charge is 2.28. The van der Waals surface area contributed by atoms with Gasteiger partial charge in [0.05, 0.1) is 18.4 Å². The molecule has 1 fully saturated rings. The molecule has 1 saturated heterocycles. The Morgan fingerprint density at radius 3 is 2.89 bits per heavy atom. The Balaban J connectivity index is 0.00000180. The molecule has 1 heterocycles. The first-order valence-electron chi connectivity index (χ1n) is 5.69. The van der Waals surface area contributed by atoms with Crippen molar-refractivity contribution in [2.75, 3.05) is 18.5 Å². The van der Waals surface area contributed by atoms with Gasteiger partial charge in [0, 0.05) is 6.54 Å². The van der Waals surface area contributed by atoms with Gasteiger partial charge in [-0.25, -0.2) is 8.78 Å². The molecule has 1 aromatic rings. The van der Waals surface area contributed by atoms with Crippen LogP contribution in [0.15, 0.2) is 18.2 Å². The molecule has 2 atom stereocenters. The predicted octanol–water partition coefficient (Wildman–Crippen LogP) is 1.70. The van der Waals surface area contributed by atoms with Crippen molar-refractivity contribution >= 4 is 24.0 Å². The van der Waals surface area contributed by atoms with Crippen molar-refractivity contribution in [3.63, 3.8) is 0 Å². The smallest absolute Gasteiger partial charge is 0.244 e. The van der Waals surface area contributed by atoms with E-state index in [-0.39, 0.29) is 24.2 Å². The fourth-order valence-electron chi connectivity index (χ4n) is 1.84. The number of halogens is 3. The standard InChI is InChI=1S/C12H14F2N2O2.ClH/c1-7-11(15-5-6-18-7)12(17)16-9-4-2-3-8(13)10(9)14;/h2-4,7,11,15H,5-6H2,1H3,(H,16,17);1H/t7-,11+;/m1./s1.